The van der Waals surface area contributed by atoms with E-state index in [1.165, 1.54) is 15.5 Å². The van der Waals surface area contributed by atoms with E-state index < -0.39 is 6.04 Å². The van der Waals surface area contributed by atoms with Gasteiger partial charge in [-0.25, -0.2) is 4.57 Å². The van der Waals surface area contributed by atoms with Crippen molar-refractivity contribution < 1.29 is 20.1 Å². The van der Waals surface area contributed by atoms with E-state index in [1.807, 2.05) is 74.2 Å². The molecular formula is C41H42ClN9O4S. The van der Waals surface area contributed by atoms with Crippen LogP contribution < -0.4 is 0 Å². The summed E-state index contributed by atoms with van der Waals surface area (Å²) < 4.78 is 3.53. The van der Waals surface area contributed by atoms with Crippen molar-refractivity contribution in [2.75, 3.05) is 26.2 Å². The van der Waals surface area contributed by atoms with E-state index in [0.29, 0.717) is 60.4 Å². The van der Waals surface area contributed by atoms with Gasteiger partial charge in [-0.3, -0.25) is 19.3 Å². The summed E-state index contributed by atoms with van der Waals surface area (Å²) >= 11 is 7.95. The summed E-state index contributed by atoms with van der Waals surface area (Å²) in [5, 5.41) is 50.3. The molecule has 13 nitrogen and oxygen atoms in total. The molecule has 1 amide bonds. The number of aliphatic imine (C=N–C) groups is 1. The Morgan fingerprint density at radius 2 is 1.59 bits per heavy atom. The third-order valence-corrected chi connectivity index (χ3v) is 12.1. The zero-order chi connectivity index (χ0) is 39.4. The molecular weight excluding hydrogens is 750 g/mol. The van der Waals surface area contributed by atoms with Gasteiger partial charge in [-0.05, 0) is 73.7 Å². The summed E-state index contributed by atoms with van der Waals surface area (Å²) in [6.45, 7) is 13.3. The number of phenols is 2. The molecule has 0 saturated carbocycles. The second-order valence-electron chi connectivity index (χ2n) is 14.7. The molecule has 1 saturated heterocycles. The fourth-order valence-corrected chi connectivity index (χ4v) is 8.85. The van der Waals surface area contributed by atoms with Crippen LogP contribution in [0.5, 0.6) is 17.5 Å². The molecule has 2 aliphatic rings. The van der Waals surface area contributed by atoms with E-state index in [2.05, 4.69) is 43.7 Å². The van der Waals surface area contributed by atoms with Crippen molar-refractivity contribution in [1.29, 1.82) is 0 Å². The quantitative estimate of drug-likeness (QED) is 0.147. The summed E-state index contributed by atoms with van der Waals surface area (Å²) in [5.74, 6) is 1.52. The average molecular weight is 792 g/mol. The Balaban J connectivity index is 0.961. The topological polar surface area (TPSA) is 158 Å². The first-order valence-electron chi connectivity index (χ1n) is 18.5. The van der Waals surface area contributed by atoms with Gasteiger partial charge in [-0.2, -0.15) is 0 Å². The second kappa shape index (κ2) is 14.8. The summed E-state index contributed by atoms with van der Waals surface area (Å²) in [5.41, 5.74) is 6.61. The largest absolute Gasteiger partial charge is 0.508 e. The Kier molecular flexibility index (Phi) is 9.89. The number of piperazine rings is 1. The number of nitrogens with zero attached hydrogens (tertiary/aromatic N) is 9. The smallest absolute Gasteiger partial charge is 0.319 e. The Morgan fingerprint density at radius 3 is 2.29 bits per heavy atom. The number of thiophene rings is 1. The van der Waals surface area contributed by atoms with Crippen LogP contribution in [-0.4, -0.2) is 92.4 Å². The second-order valence-corrected chi connectivity index (χ2v) is 16.3. The van der Waals surface area contributed by atoms with Crippen LogP contribution in [-0.2, 0) is 11.3 Å². The molecule has 0 spiro atoms. The molecule has 1 fully saturated rings. The van der Waals surface area contributed by atoms with Crippen LogP contribution in [0.1, 0.15) is 76.6 Å². The highest BCUT2D eigenvalue weighted by Gasteiger charge is 2.34. The lowest BCUT2D eigenvalue weighted by molar-refractivity contribution is -0.133. The van der Waals surface area contributed by atoms with Crippen molar-refractivity contribution in [3.05, 3.63) is 110 Å². The molecule has 288 valence electrons. The molecule has 0 radical (unpaired) electrons. The maximum Gasteiger partial charge on any atom is 0.319 e. The Morgan fingerprint density at radius 1 is 0.875 bits per heavy atom. The molecule has 3 N–H and O–H groups in total. The maximum atomic E-state index is 14.0. The number of fused-ring (bicyclic) bond motifs is 3. The molecule has 6 aromatic rings. The summed E-state index contributed by atoms with van der Waals surface area (Å²) in [6, 6.07) is 17.5. The van der Waals surface area contributed by atoms with Crippen molar-refractivity contribution in [1.82, 2.24) is 39.3 Å². The van der Waals surface area contributed by atoms with Gasteiger partial charge in [0, 0.05) is 59.8 Å². The lowest BCUT2D eigenvalue weighted by Gasteiger charge is -2.35. The van der Waals surface area contributed by atoms with Crippen LogP contribution in [0, 0.1) is 20.8 Å². The normalized spacial score (nSPS) is 15.8. The standard InChI is InChI=1S/C41H42ClN9O4S/c1-22(2)30-18-31(34(53)20-33(30)52)38-45-47-41(55)51(38)29-12-6-26(7-13-29)21-48-14-16-49(17-15-48)35(54)19-32-39-46-44-25(5)50(39)40-36(23(3)24(4)56-40)37(43-32)27-8-10-28(42)11-9-27/h6-13,18,20,22,32,52-53H,14-17,19,21H2,1-5H3,(H,47,55)/t32-/m0/s1. The van der Waals surface area contributed by atoms with Crippen LogP contribution >= 0.6 is 22.9 Å². The first-order valence-corrected chi connectivity index (χ1v) is 19.7. The van der Waals surface area contributed by atoms with Gasteiger partial charge in [0.1, 0.15) is 28.4 Å². The van der Waals surface area contributed by atoms with Gasteiger partial charge in [0.2, 0.25) is 5.91 Å². The molecule has 0 unspecified atom stereocenters. The molecule has 5 heterocycles. The molecule has 56 heavy (non-hydrogen) atoms. The maximum absolute atomic E-state index is 14.0. The van der Waals surface area contributed by atoms with E-state index in [9.17, 15) is 20.1 Å². The number of hydrogen-bond donors (Lipinski definition) is 3. The predicted molar refractivity (Wildman–Crippen MR) is 216 cm³/mol. The number of amides is 1. The Bertz CT molecular complexity index is 2480. The minimum Gasteiger partial charge on any atom is -0.508 e. The van der Waals surface area contributed by atoms with Gasteiger partial charge < -0.3 is 20.2 Å². The van der Waals surface area contributed by atoms with Gasteiger partial charge in [-0.1, -0.05) is 54.8 Å². The minimum atomic E-state index is -0.522. The SMILES string of the molecule is Cc1sc2c(c1C)C(c1ccc(Cl)cc1)=N[C@@H](CC(=O)N1CCN(Cc3ccc(-n4c(O)nnc4-c4cc(C(C)C)c(O)cc4O)cc3)CC1)c1nnc(C)n1-2. The first kappa shape index (κ1) is 37.4. The molecule has 3 aromatic carbocycles. The van der Waals surface area contributed by atoms with Crippen molar-refractivity contribution in [2.45, 2.75) is 59.5 Å². The fourth-order valence-electron chi connectivity index (χ4n) is 7.51. The molecule has 15 heteroatoms. The number of benzene rings is 3. The molecule has 3 aromatic heterocycles. The number of aromatic nitrogens is 6. The van der Waals surface area contributed by atoms with Crippen molar-refractivity contribution in [2.24, 2.45) is 4.99 Å². The lowest BCUT2D eigenvalue weighted by Crippen LogP contribution is -2.48. The molecule has 0 bridgehead atoms. The van der Waals surface area contributed by atoms with E-state index >= 15 is 0 Å². The van der Waals surface area contributed by atoms with Gasteiger partial charge in [0.05, 0.1) is 23.4 Å². The third-order valence-electron chi connectivity index (χ3n) is 10.7. The molecule has 8 rings (SSSR count). The number of carbonyl (C=O) groups is 1. The number of rotatable bonds is 8. The Labute approximate surface area is 333 Å². The van der Waals surface area contributed by atoms with Gasteiger partial charge in [-0.15, -0.1) is 26.6 Å². The number of phenolic OH excluding ortho intramolecular Hbond substituents is 2. The van der Waals surface area contributed by atoms with Crippen LogP contribution in [0.3, 0.4) is 0 Å². The highest BCUT2D eigenvalue weighted by Crippen LogP contribution is 2.41. The zero-order valence-electron chi connectivity index (χ0n) is 31.7. The third kappa shape index (κ3) is 6.82. The monoisotopic (exact) mass is 791 g/mol. The predicted octanol–water partition coefficient (Wildman–Crippen LogP) is 7.02. The van der Waals surface area contributed by atoms with Crippen LogP contribution in [0.2, 0.25) is 5.02 Å². The van der Waals surface area contributed by atoms with Crippen LogP contribution in [0.15, 0.2) is 65.7 Å². The van der Waals surface area contributed by atoms with Crippen molar-refractivity contribution in [3.8, 4) is 39.6 Å². The minimum absolute atomic E-state index is 0.000470. The van der Waals surface area contributed by atoms with Crippen molar-refractivity contribution in [3.63, 3.8) is 0 Å². The number of carbonyl (C=O) groups excluding carboxylic acids is 1. The molecule has 1 atom stereocenters. The highest BCUT2D eigenvalue weighted by molar-refractivity contribution is 7.15. The highest BCUT2D eigenvalue weighted by atomic mass is 35.5. The van der Waals surface area contributed by atoms with E-state index in [4.69, 9.17) is 16.6 Å². The number of halogens is 1. The Hall–Kier alpha value is -5.57. The van der Waals surface area contributed by atoms with Gasteiger partial charge in [0.15, 0.2) is 11.6 Å². The summed E-state index contributed by atoms with van der Waals surface area (Å²) in [6.07, 6.45) is 0.169. The fraction of sp³-hybridized carbons (Fsp3) is 0.317. The number of aromatic hydroxyl groups is 3. The number of aryl methyl sites for hydroxylation is 2. The van der Waals surface area contributed by atoms with Crippen molar-refractivity contribution >= 4 is 34.6 Å². The van der Waals surface area contributed by atoms with E-state index in [1.54, 1.807) is 17.4 Å². The first-order chi connectivity index (χ1) is 26.9. The molecule has 2 aliphatic heterocycles. The summed E-state index contributed by atoms with van der Waals surface area (Å²) in [7, 11) is 0. The lowest BCUT2D eigenvalue weighted by atomic mass is 9.98. The summed E-state index contributed by atoms with van der Waals surface area (Å²) in [4.78, 5) is 24.7. The molecule has 0 aliphatic carbocycles. The number of hydrogen-bond acceptors (Lipinski definition) is 11. The van der Waals surface area contributed by atoms with E-state index in [-0.39, 0.29) is 41.6 Å². The van der Waals surface area contributed by atoms with Gasteiger partial charge >= 0.3 is 6.01 Å². The van der Waals surface area contributed by atoms with Gasteiger partial charge in [0.25, 0.3) is 0 Å². The zero-order valence-corrected chi connectivity index (χ0v) is 33.3. The van der Waals surface area contributed by atoms with E-state index in [0.717, 1.165) is 38.8 Å². The van der Waals surface area contributed by atoms with Crippen LogP contribution in [0.4, 0.5) is 0 Å². The van der Waals surface area contributed by atoms with Crippen LogP contribution in [0.25, 0.3) is 22.1 Å². The average Bonchev–Trinajstić information content (AvgIpc) is 3.81.